The highest BCUT2D eigenvalue weighted by atomic mass is 35.5. The zero-order valence-electron chi connectivity index (χ0n) is 16.9. The molecule has 0 saturated carbocycles. The molecule has 29 heavy (non-hydrogen) atoms. The Balaban J connectivity index is 1.73. The number of rotatable bonds is 6. The monoisotopic (exact) mass is 414 g/mol. The van der Waals surface area contributed by atoms with E-state index < -0.39 is 11.9 Å². The van der Waals surface area contributed by atoms with Crippen molar-refractivity contribution in [3.05, 3.63) is 76.3 Å². The molecule has 0 unspecified atom stereocenters. The second-order valence-corrected chi connectivity index (χ2v) is 7.51. The van der Waals surface area contributed by atoms with Gasteiger partial charge in [-0.1, -0.05) is 29.8 Å². The molecular formula is C22H24ClFN4O. The van der Waals surface area contributed by atoms with E-state index in [4.69, 9.17) is 11.6 Å². The van der Waals surface area contributed by atoms with E-state index in [0.717, 1.165) is 22.6 Å². The van der Waals surface area contributed by atoms with Gasteiger partial charge in [0, 0.05) is 17.8 Å². The van der Waals surface area contributed by atoms with Crippen LogP contribution in [-0.2, 0) is 11.3 Å². The molecule has 1 aromatic heterocycles. The quantitative estimate of drug-likeness (QED) is 0.633. The van der Waals surface area contributed by atoms with Crippen LogP contribution in [0, 0.1) is 19.7 Å². The van der Waals surface area contributed by atoms with Gasteiger partial charge in [0.15, 0.2) is 0 Å². The van der Waals surface area contributed by atoms with Crippen LogP contribution >= 0.6 is 11.6 Å². The predicted octanol–water partition coefficient (Wildman–Crippen LogP) is 4.74. The number of benzene rings is 2. The van der Waals surface area contributed by atoms with E-state index in [-0.39, 0.29) is 10.9 Å². The third-order valence-corrected chi connectivity index (χ3v) is 5.39. The molecule has 0 aliphatic heterocycles. The second-order valence-electron chi connectivity index (χ2n) is 7.10. The Hall–Kier alpha value is -2.70. The standard InChI is InChI=1S/C22H24ClFN4O/c1-14-19(15(2)28(26-14)18-8-6-5-7-9-18)13-27(4)16(3)22(29)25-21-11-10-17(24)12-20(21)23/h5-12,16H,13H2,1-4H3,(H,25,29)/t16-/m1/s1. The van der Waals surface area contributed by atoms with Gasteiger partial charge in [0.1, 0.15) is 5.82 Å². The summed E-state index contributed by atoms with van der Waals surface area (Å²) in [6.45, 7) is 6.38. The molecule has 3 rings (SSSR count). The van der Waals surface area contributed by atoms with Gasteiger partial charge in [0.05, 0.1) is 28.1 Å². The maximum atomic E-state index is 13.2. The van der Waals surface area contributed by atoms with Crippen LogP contribution in [0.5, 0.6) is 0 Å². The maximum Gasteiger partial charge on any atom is 0.241 e. The number of hydrogen-bond acceptors (Lipinski definition) is 3. The van der Waals surface area contributed by atoms with E-state index >= 15 is 0 Å². The number of halogens is 2. The van der Waals surface area contributed by atoms with Gasteiger partial charge in [-0.05, 0) is 58.2 Å². The summed E-state index contributed by atoms with van der Waals surface area (Å²) in [7, 11) is 1.88. The second kappa shape index (κ2) is 8.76. The molecular weight excluding hydrogens is 391 g/mol. The van der Waals surface area contributed by atoms with Crippen LogP contribution in [0.15, 0.2) is 48.5 Å². The summed E-state index contributed by atoms with van der Waals surface area (Å²) >= 11 is 6.01. The number of aryl methyl sites for hydroxylation is 1. The summed E-state index contributed by atoms with van der Waals surface area (Å²) in [6.07, 6.45) is 0. The van der Waals surface area contributed by atoms with Crippen molar-refractivity contribution < 1.29 is 9.18 Å². The first kappa shape index (κ1) is 21.0. The number of nitrogens with one attached hydrogen (secondary N) is 1. The number of para-hydroxylation sites is 1. The van der Waals surface area contributed by atoms with Gasteiger partial charge in [-0.3, -0.25) is 9.69 Å². The first-order chi connectivity index (χ1) is 13.8. The highest BCUT2D eigenvalue weighted by Gasteiger charge is 2.22. The van der Waals surface area contributed by atoms with E-state index in [2.05, 4.69) is 10.4 Å². The summed E-state index contributed by atoms with van der Waals surface area (Å²) in [5.41, 5.74) is 4.43. The first-order valence-electron chi connectivity index (χ1n) is 9.34. The van der Waals surface area contributed by atoms with E-state index in [9.17, 15) is 9.18 Å². The molecule has 1 amide bonds. The topological polar surface area (TPSA) is 50.2 Å². The Morgan fingerprint density at radius 2 is 1.93 bits per heavy atom. The van der Waals surface area contributed by atoms with Crippen molar-refractivity contribution in [1.29, 1.82) is 0 Å². The molecule has 0 spiro atoms. The SMILES string of the molecule is Cc1nn(-c2ccccc2)c(C)c1CN(C)[C@H](C)C(=O)Nc1ccc(F)cc1Cl. The molecule has 0 fully saturated rings. The molecule has 1 atom stereocenters. The molecule has 1 N–H and O–H groups in total. The molecule has 0 saturated heterocycles. The van der Waals surface area contributed by atoms with Crippen molar-refractivity contribution in [1.82, 2.24) is 14.7 Å². The van der Waals surface area contributed by atoms with Gasteiger partial charge in [-0.25, -0.2) is 9.07 Å². The normalized spacial score (nSPS) is 12.2. The summed E-state index contributed by atoms with van der Waals surface area (Å²) in [5.74, 6) is -0.661. The predicted molar refractivity (Wildman–Crippen MR) is 114 cm³/mol. The summed E-state index contributed by atoms with van der Waals surface area (Å²) in [5, 5.41) is 7.60. The third-order valence-electron chi connectivity index (χ3n) is 5.08. The molecule has 0 radical (unpaired) electrons. The van der Waals surface area contributed by atoms with Gasteiger partial charge in [0.25, 0.3) is 0 Å². The van der Waals surface area contributed by atoms with Crippen LogP contribution in [0.3, 0.4) is 0 Å². The highest BCUT2D eigenvalue weighted by Crippen LogP contribution is 2.24. The van der Waals surface area contributed by atoms with Crippen LogP contribution in [0.1, 0.15) is 23.9 Å². The molecule has 5 nitrogen and oxygen atoms in total. The Kier molecular flexibility index (Phi) is 6.35. The minimum Gasteiger partial charge on any atom is -0.323 e. The van der Waals surface area contributed by atoms with Crippen LogP contribution in [-0.4, -0.2) is 33.7 Å². The van der Waals surface area contributed by atoms with Crippen LogP contribution in [0.2, 0.25) is 5.02 Å². The van der Waals surface area contributed by atoms with Crippen molar-refractivity contribution in [3.63, 3.8) is 0 Å². The molecule has 152 valence electrons. The average Bonchev–Trinajstić information content (AvgIpc) is 2.98. The first-order valence-corrected chi connectivity index (χ1v) is 9.72. The number of hydrogen-bond donors (Lipinski definition) is 1. The number of carbonyl (C=O) groups is 1. The summed E-state index contributed by atoms with van der Waals surface area (Å²) in [4.78, 5) is 14.6. The average molecular weight is 415 g/mol. The van der Waals surface area contributed by atoms with Crippen LogP contribution in [0.4, 0.5) is 10.1 Å². The maximum absolute atomic E-state index is 13.2. The van der Waals surface area contributed by atoms with Gasteiger partial charge in [-0.15, -0.1) is 0 Å². The number of carbonyl (C=O) groups excluding carboxylic acids is 1. The minimum absolute atomic E-state index is 0.170. The number of likely N-dealkylation sites (N-methyl/N-ethyl adjacent to an activating group) is 1. The molecule has 1 heterocycles. The third kappa shape index (κ3) is 4.66. The fraction of sp³-hybridized carbons (Fsp3) is 0.273. The number of nitrogens with zero attached hydrogens (tertiary/aromatic N) is 3. The largest absolute Gasteiger partial charge is 0.323 e. The Labute approximate surface area is 175 Å². The van der Waals surface area contributed by atoms with Crippen molar-refractivity contribution in [2.24, 2.45) is 0 Å². The molecule has 2 aromatic carbocycles. The molecule has 0 aliphatic rings. The van der Waals surface area contributed by atoms with E-state index in [1.165, 1.54) is 18.2 Å². The zero-order chi connectivity index (χ0) is 21.1. The Morgan fingerprint density at radius 3 is 2.59 bits per heavy atom. The fourth-order valence-electron chi connectivity index (χ4n) is 3.14. The lowest BCUT2D eigenvalue weighted by Gasteiger charge is -2.24. The lowest BCUT2D eigenvalue weighted by Crippen LogP contribution is -2.39. The Morgan fingerprint density at radius 1 is 1.24 bits per heavy atom. The van der Waals surface area contributed by atoms with Gasteiger partial charge in [-0.2, -0.15) is 5.10 Å². The fourth-order valence-corrected chi connectivity index (χ4v) is 3.35. The van der Waals surface area contributed by atoms with Gasteiger partial charge >= 0.3 is 0 Å². The van der Waals surface area contributed by atoms with Crippen LogP contribution < -0.4 is 5.32 Å². The summed E-state index contributed by atoms with van der Waals surface area (Å²) in [6, 6.07) is 13.4. The minimum atomic E-state index is -0.445. The lowest BCUT2D eigenvalue weighted by atomic mass is 10.1. The van der Waals surface area contributed by atoms with Crippen molar-refractivity contribution in [2.75, 3.05) is 12.4 Å². The van der Waals surface area contributed by atoms with Gasteiger partial charge < -0.3 is 5.32 Å². The smallest absolute Gasteiger partial charge is 0.241 e. The van der Waals surface area contributed by atoms with Crippen molar-refractivity contribution in [2.45, 2.75) is 33.4 Å². The number of aromatic nitrogens is 2. The number of amides is 1. The molecule has 0 aliphatic carbocycles. The van der Waals surface area contributed by atoms with Gasteiger partial charge in [0.2, 0.25) is 5.91 Å². The highest BCUT2D eigenvalue weighted by molar-refractivity contribution is 6.33. The molecule has 3 aromatic rings. The molecule has 7 heteroatoms. The Bertz CT molecular complexity index is 1020. The van der Waals surface area contributed by atoms with E-state index in [1.807, 2.05) is 67.7 Å². The van der Waals surface area contributed by atoms with E-state index in [1.54, 1.807) is 0 Å². The van der Waals surface area contributed by atoms with Crippen molar-refractivity contribution >= 4 is 23.2 Å². The number of anilines is 1. The van der Waals surface area contributed by atoms with E-state index in [0.29, 0.717) is 12.2 Å². The molecule has 0 bridgehead atoms. The van der Waals surface area contributed by atoms with Crippen LogP contribution in [0.25, 0.3) is 5.69 Å². The summed E-state index contributed by atoms with van der Waals surface area (Å²) < 4.78 is 15.1. The lowest BCUT2D eigenvalue weighted by molar-refractivity contribution is -0.120. The van der Waals surface area contributed by atoms with Crippen molar-refractivity contribution in [3.8, 4) is 5.69 Å². The zero-order valence-corrected chi connectivity index (χ0v) is 17.7.